The summed E-state index contributed by atoms with van der Waals surface area (Å²) in [4.78, 5) is 101. The fraction of sp³-hybridized carbons (Fsp3) is 0.737. The summed E-state index contributed by atoms with van der Waals surface area (Å²) in [5, 5.41) is 18.6. The second kappa shape index (κ2) is 27.5. The highest BCUT2D eigenvalue weighted by Gasteiger charge is 2.52. The molecule has 1 aromatic carbocycles. The Morgan fingerprint density at radius 1 is 0.865 bits per heavy atom. The van der Waals surface area contributed by atoms with Crippen LogP contribution >= 0.6 is 0 Å². The van der Waals surface area contributed by atoms with Crippen LogP contribution in [-0.4, -0.2) is 151 Å². The van der Waals surface area contributed by atoms with Crippen molar-refractivity contribution in [2.45, 2.75) is 186 Å². The Kier molecular flexibility index (Phi) is 21.6. The average molecular weight is 1030 g/mol. The quantitative estimate of drug-likeness (QED) is 0.0596. The van der Waals surface area contributed by atoms with Crippen LogP contribution in [0, 0.1) is 53.3 Å². The summed E-state index contributed by atoms with van der Waals surface area (Å²) in [6.45, 7) is 10.8. The number of carboxylic acids is 1. The van der Waals surface area contributed by atoms with E-state index in [-0.39, 0.29) is 66.7 Å². The van der Waals surface area contributed by atoms with Crippen molar-refractivity contribution in [3.8, 4) is 11.8 Å². The first-order valence-electron chi connectivity index (χ1n) is 27.7. The number of benzene rings is 1. The molecule has 3 aliphatic carbocycles. The molecular formula is C57H86N6O11. The van der Waals surface area contributed by atoms with E-state index in [1.165, 1.54) is 14.2 Å². The molecule has 0 spiro atoms. The number of fused-ring (bicyclic) bond motifs is 3. The predicted molar refractivity (Wildman–Crippen MR) is 279 cm³/mol. The number of piperidine rings is 1. The Morgan fingerprint density at radius 3 is 2.20 bits per heavy atom. The first-order valence-corrected chi connectivity index (χ1v) is 27.7. The van der Waals surface area contributed by atoms with Gasteiger partial charge in [-0.1, -0.05) is 77.8 Å². The van der Waals surface area contributed by atoms with Gasteiger partial charge >= 0.3 is 12.1 Å². The Labute approximate surface area is 439 Å². The van der Waals surface area contributed by atoms with E-state index in [9.17, 15) is 38.7 Å². The van der Waals surface area contributed by atoms with E-state index >= 15 is 0 Å². The minimum absolute atomic E-state index is 0.00384. The number of unbranched alkanes of at least 4 members (excludes halogenated alkanes) is 2. The van der Waals surface area contributed by atoms with Gasteiger partial charge in [-0.3, -0.25) is 24.0 Å². The van der Waals surface area contributed by atoms with Gasteiger partial charge in [0.25, 0.3) is 0 Å². The Bertz CT molecular complexity index is 2130. The smallest absolute Gasteiger partial charge is 0.407 e. The van der Waals surface area contributed by atoms with Crippen LogP contribution < -0.4 is 16.0 Å². The molecule has 4 fully saturated rings. The van der Waals surface area contributed by atoms with Crippen molar-refractivity contribution < 1.29 is 52.9 Å². The largest absolute Gasteiger partial charge is 0.480 e. The second-order valence-electron chi connectivity index (χ2n) is 22.1. The molecule has 17 heteroatoms. The molecule has 6 amide bonds. The van der Waals surface area contributed by atoms with Gasteiger partial charge in [-0.05, 0) is 98.9 Å². The zero-order valence-corrected chi connectivity index (χ0v) is 45.4. The fourth-order valence-electron chi connectivity index (χ4n) is 12.7. The van der Waals surface area contributed by atoms with Gasteiger partial charge in [0.2, 0.25) is 29.5 Å². The van der Waals surface area contributed by atoms with Crippen molar-refractivity contribution in [2.24, 2.45) is 41.4 Å². The number of methoxy groups -OCH3 is 2. The van der Waals surface area contributed by atoms with Crippen LogP contribution in [-0.2, 0) is 49.4 Å². The van der Waals surface area contributed by atoms with Crippen LogP contribution in [0.2, 0.25) is 0 Å². The van der Waals surface area contributed by atoms with Gasteiger partial charge in [0.05, 0.1) is 43.2 Å². The average Bonchev–Trinajstić information content (AvgIpc) is 3.81. The summed E-state index contributed by atoms with van der Waals surface area (Å²) in [5.41, 5.74) is 0.771. The number of ether oxygens (including phenoxy) is 3. The van der Waals surface area contributed by atoms with E-state index < -0.39 is 66.3 Å². The lowest BCUT2D eigenvalue weighted by molar-refractivity contribution is -0.149. The van der Waals surface area contributed by atoms with Crippen LogP contribution in [0.3, 0.4) is 0 Å². The summed E-state index contributed by atoms with van der Waals surface area (Å²) in [6, 6.07) is 5.30. The van der Waals surface area contributed by atoms with Crippen molar-refractivity contribution in [2.75, 3.05) is 41.0 Å². The highest BCUT2D eigenvalue weighted by atomic mass is 16.5. The lowest BCUT2D eigenvalue weighted by Crippen LogP contribution is -2.60. The van der Waals surface area contributed by atoms with E-state index in [1.807, 2.05) is 58.0 Å². The number of likely N-dealkylation sites (N-methyl/N-ethyl adjacent to an activating group) is 1. The van der Waals surface area contributed by atoms with Crippen molar-refractivity contribution >= 4 is 41.6 Å². The SMILES string of the molecule is CC[C@H](C)[C@@H]([C@@H](CC(=O)N1CCC[C@H]1[C@H](OC)[C@@H](C)C(=O)N[C@@H](Cc1ccccc1)C(=O)O)OC)N(C)C(=O)[C@@H](NC(=O)[C@@H]1[C@H]2CC[C@H](C2)N1C(=O)CCCCCNC(=O)OC[C@H]1[C@@H]2CCC#CCC[C@@H]21)C(C)C. The van der Waals surface area contributed by atoms with Crippen molar-refractivity contribution in [3.63, 3.8) is 0 Å². The number of alkyl carbamates (subject to hydrolysis) is 1. The van der Waals surface area contributed by atoms with E-state index in [0.29, 0.717) is 69.6 Å². The summed E-state index contributed by atoms with van der Waals surface area (Å²) < 4.78 is 17.6. The van der Waals surface area contributed by atoms with Crippen LogP contribution in [0.5, 0.6) is 0 Å². The number of likely N-dealkylation sites (tertiary alicyclic amines) is 2. The molecule has 0 radical (unpaired) electrons. The minimum atomic E-state index is -1.15. The number of nitrogens with one attached hydrogen (secondary N) is 3. The second-order valence-corrected chi connectivity index (χ2v) is 22.1. The summed E-state index contributed by atoms with van der Waals surface area (Å²) in [7, 11) is 4.72. The van der Waals surface area contributed by atoms with Gasteiger partial charge in [0.15, 0.2) is 0 Å². The highest BCUT2D eigenvalue weighted by molar-refractivity contribution is 5.93. The molecule has 74 heavy (non-hydrogen) atoms. The summed E-state index contributed by atoms with van der Waals surface area (Å²) in [5.74, 6) is 4.31. The van der Waals surface area contributed by atoms with Gasteiger partial charge < -0.3 is 50.0 Å². The molecule has 2 heterocycles. The maximum Gasteiger partial charge on any atom is 0.407 e. The number of rotatable bonds is 27. The number of carbonyl (C=O) groups is 7. The van der Waals surface area contributed by atoms with E-state index in [2.05, 4.69) is 27.8 Å². The Hall–Kier alpha value is -5.21. The molecule has 0 unspecified atom stereocenters. The van der Waals surface area contributed by atoms with E-state index in [1.54, 1.807) is 28.7 Å². The van der Waals surface area contributed by atoms with Gasteiger partial charge in [-0.2, -0.15) is 0 Å². The number of hydrogen-bond donors (Lipinski definition) is 4. The van der Waals surface area contributed by atoms with Gasteiger partial charge in [0, 0.05) is 66.1 Å². The zero-order chi connectivity index (χ0) is 53.6. The van der Waals surface area contributed by atoms with Crippen LogP contribution in [0.25, 0.3) is 0 Å². The maximum absolute atomic E-state index is 14.7. The topological polar surface area (TPSA) is 213 Å². The number of aliphatic carboxylic acids is 1. The van der Waals surface area contributed by atoms with E-state index in [0.717, 1.165) is 56.9 Å². The predicted octanol–water partition coefficient (Wildman–Crippen LogP) is 5.97. The molecule has 2 aliphatic heterocycles. The van der Waals surface area contributed by atoms with Crippen molar-refractivity contribution in [3.05, 3.63) is 35.9 Å². The van der Waals surface area contributed by atoms with Crippen LogP contribution in [0.4, 0.5) is 4.79 Å². The third-order valence-electron chi connectivity index (χ3n) is 17.1. The summed E-state index contributed by atoms with van der Waals surface area (Å²) in [6.07, 6.45) is 8.90. The Morgan fingerprint density at radius 2 is 1.57 bits per heavy atom. The molecule has 14 atom stereocenters. The number of nitrogens with zero attached hydrogens (tertiary/aromatic N) is 3. The molecule has 6 rings (SSSR count). The lowest BCUT2D eigenvalue weighted by atomic mass is 9.89. The molecule has 5 aliphatic rings. The van der Waals surface area contributed by atoms with E-state index in [4.69, 9.17) is 14.2 Å². The third kappa shape index (κ3) is 14.6. The molecule has 410 valence electrons. The number of carbonyl (C=O) groups excluding carboxylic acids is 6. The zero-order valence-electron chi connectivity index (χ0n) is 45.4. The fourth-order valence-corrected chi connectivity index (χ4v) is 12.7. The molecule has 2 saturated carbocycles. The lowest BCUT2D eigenvalue weighted by Gasteiger charge is -2.41. The first-order chi connectivity index (χ1) is 35.5. The standard InChI is InChI=1S/C57H86N6O11/c1-9-36(4)50(46(72-7)33-48(65)62-30-20-25-45(62)52(73-8)37(5)53(66)59-44(56(69)70)31-38-21-14-12-15-22-38)61(6)55(68)49(35(2)3)60-54(67)51-39-27-28-40(32-39)63(51)47(64)26-18-13-19-29-58-57(71)74-34-43-41-23-16-10-11-17-24-42(41)43/h12,14-15,21-22,35-37,39-46,49-52H,9,13,16-20,23-34H2,1-8H3,(H,58,71)(H,59,66)(H,60,67)(H,69,70)/t36-,37+,39-,40+,41-,42+,43+,44-,45-,46+,49-,50-,51-,52+/m0/s1. The maximum atomic E-state index is 14.7. The summed E-state index contributed by atoms with van der Waals surface area (Å²) >= 11 is 0. The molecule has 2 bridgehead atoms. The number of carboxylic acid groups (broad SMARTS) is 1. The normalized spacial score (nSPS) is 25.6. The minimum Gasteiger partial charge on any atom is -0.480 e. The van der Waals surface area contributed by atoms with Crippen LogP contribution in [0.15, 0.2) is 30.3 Å². The van der Waals surface area contributed by atoms with Gasteiger partial charge in [0.1, 0.15) is 18.1 Å². The highest BCUT2D eigenvalue weighted by Crippen LogP contribution is 2.52. The van der Waals surface area contributed by atoms with Crippen molar-refractivity contribution in [1.29, 1.82) is 0 Å². The first kappa shape index (κ1) is 58.1. The number of amides is 6. The number of hydrogen-bond acceptors (Lipinski definition) is 10. The Balaban J connectivity index is 1.01. The molecule has 1 aromatic rings. The third-order valence-corrected chi connectivity index (χ3v) is 17.1. The van der Waals surface area contributed by atoms with Crippen LogP contribution in [0.1, 0.15) is 136 Å². The van der Waals surface area contributed by atoms with Crippen molar-refractivity contribution in [1.82, 2.24) is 30.7 Å². The van der Waals surface area contributed by atoms with Gasteiger partial charge in [-0.15, -0.1) is 11.8 Å². The van der Waals surface area contributed by atoms with Gasteiger partial charge in [-0.25, -0.2) is 9.59 Å². The molecule has 4 N–H and O–H groups in total. The molecule has 17 nitrogen and oxygen atoms in total. The molecular weight excluding hydrogens is 945 g/mol. The monoisotopic (exact) mass is 1030 g/mol. The molecule has 0 aromatic heterocycles. The molecule has 2 saturated heterocycles.